The predicted octanol–water partition coefficient (Wildman–Crippen LogP) is 1.24. The van der Waals surface area contributed by atoms with Crippen LogP contribution in [0.3, 0.4) is 0 Å². The van der Waals surface area contributed by atoms with E-state index >= 15 is 0 Å². The molecule has 0 amide bonds. The number of aliphatic carboxylic acids is 1. The molecule has 0 aliphatic rings. The van der Waals surface area contributed by atoms with Gasteiger partial charge in [0.05, 0.1) is 0 Å². The maximum Gasteiger partial charge on any atom is 0.387 e. The third-order valence-corrected chi connectivity index (χ3v) is 1.95. The van der Waals surface area contributed by atoms with Crippen LogP contribution in [0.15, 0.2) is 24.3 Å². The van der Waals surface area contributed by atoms with E-state index in [1.165, 1.54) is 18.2 Å². The van der Waals surface area contributed by atoms with Crippen molar-refractivity contribution in [1.29, 1.82) is 0 Å². The average Bonchev–Trinajstić information content (AvgIpc) is 2.20. The molecule has 16 heavy (non-hydrogen) atoms. The molecule has 1 atom stereocenters. The van der Waals surface area contributed by atoms with E-state index in [0.29, 0.717) is 5.56 Å². The molecule has 0 aromatic heterocycles. The van der Waals surface area contributed by atoms with Crippen molar-refractivity contribution >= 4 is 5.97 Å². The molecule has 1 unspecified atom stereocenters. The molecule has 0 saturated heterocycles. The highest BCUT2D eigenvalue weighted by atomic mass is 19.3. The quantitative estimate of drug-likeness (QED) is 0.799. The standard InChI is InChI=1S/C10H11F2NO3/c11-10(12)16-8-4-2-1-3-6(8)5-7(13)9(14)15/h1-4,7,10H,5,13H2,(H,14,15). The van der Waals surface area contributed by atoms with Crippen LogP contribution in [-0.2, 0) is 11.2 Å². The van der Waals surface area contributed by atoms with Crippen LogP contribution in [0.5, 0.6) is 5.75 Å². The van der Waals surface area contributed by atoms with Crippen molar-refractivity contribution < 1.29 is 23.4 Å². The van der Waals surface area contributed by atoms with Gasteiger partial charge in [-0.05, 0) is 11.6 Å². The lowest BCUT2D eigenvalue weighted by molar-refractivity contribution is -0.138. The minimum absolute atomic E-state index is 0.0470. The van der Waals surface area contributed by atoms with Crippen LogP contribution < -0.4 is 10.5 Å². The summed E-state index contributed by atoms with van der Waals surface area (Å²) < 4.78 is 28.3. The molecule has 1 rings (SSSR count). The van der Waals surface area contributed by atoms with Gasteiger partial charge in [0.15, 0.2) is 0 Å². The van der Waals surface area contributed by atoms with E-state index in [-0.39, 0.29) is 12.2 Å². The number of carboxylic acids is 1. The van der Waals surface area contributed by atoms with Gasteiger partial charge in [0, 0.05) is 6.42 Å². The molecule has 0 saturated carbocycles. The molecule has 1 aromatic carbocycles. The minimum atomic E-state index is -2.94. The Hall–Kier alpha value is -1.69. The van der Waals surface area contributed by atoms with Crippen LogP contribution in [0.25, 0.3) is 0 Å². The molecule has 0 aliphatic heterocycles. The van der Waals surface area contributed by atoms with Gasteiger partial charge in [-0.2, -0.15) is 8.78 Å². The molecule has 0 aliphatic carbocycles. The zero-order chi connectivity index (χ0) is 12.1. The van der Waals surface area contributed by atoms with Crippen molar-refractivity contribution in [3.63, 3.8) is 0 Å². The Morgan fingerprint density at radius 3 is 2.62 bits per heavy atom. The van der Waals surface area contributed by atoms with Gasteiger partial charge in [-0.1, -0.05) is 18.2 Å². The Balaban J connectivity index is 2.82. The number of hydrogen-bond acceptors (Lipinski definition) is 3. The summed E-state index contributed by atoms with van der Waals surface area (Å²) in [5.41, 5.74) is 5.65. The number of para-hydroxylation sites is 1. The van der Waals surface area contributed by atoms with Crippen molar-refractivity contribution in [3.8, 4) is 5.75 Å². The summed E-state index contributed by atoms with van der Waals surface area (Å²) in [7, 11) is 0. The summed E-state index contributed by atoms with van der Waals surface area (Å²) in [4.78, 5) is 10.5. The van der Waals surface area contributed by atoms with Crippen molar-refractivity contribution in [2.45, 2.75) is 19.1 Å². The third-order valence-electron chi connectivity index (χ3n) is 1.95. The van der Waals surface area contributed by atoms with Crippen LogP contribution >= 0.6 is 0 Å². The second kappa shape index (κ2) is 5.41. The fourth-order valence-corrected chi connectivity index (χ4v) is 1.21. The zero-order valence-electron chi connectivity index (χ0n) is 8.27. The van der Waals surface area contributed by atoms with E-state index < -0.39 is 18.6 Å². The molecule has 88 valence electrons. The van der Waals surface area contributed by atoms with Crippen LogP contribution in [-0.4, -0.2) is 23.7 Å². The van der Waals surface area contributed by atoms with E-state index in [4.69, 9.17) is 10.8 Å². The van der Waals surface area contributed by atoms with Gasteiger partial charge in [-0.3, -0.25) is 4.79 Å². The van der Waals surface area contributed by atoms with Gasteiger partial charge >= 0.3 is 12.6 Å². The van der Waals surface area contributed by atoms with Gasteiger partial charge < -0.3 is 15.6 Å². The highest BCUT2D eigenvalue weighted by Crippen LogP contribution is 2.21. The molecular weight excluding hydrogens is 220 g/mol. The summed E-state index contributed by atoms with van der Waals surface area (Å²) in [6.45, 7) is -2.94. The number of carbonyl (C=O) groups is 1. The Bertz CT molecular complexity index is 371. The fourth-order valence-electron chi connectivity index (χ4n) is 1.21. The molecule has 0 bridgehead atoms. The lowest BCUT2D eigenvalue weighted by Gasteiger charge is -2.12. The SMILES string of the molecule is NC(Cc1ccccc1OC(F)F)C(=O)O. The summed E-state index contributed by atoms with van der Waals surface area (Å²) in [6.07, 6.45) is -0.0573. The maximum absolute atomic E-state index is 12.0. The van der Waals surface area contributed by atoms with E-state index in [1.807, 2.05) is 0 Å². The summed E-state index contributed by atoms with van der Waals surface area (Å²) in [6, 6.07) is 4.83. The molecule has 0 heterocycles. The molecule has 0 fully saturated rings. The van der Waals surface area contributed by atoms with E-state index in [1.54, 1.807) is 6.07 Å². The van der Waals surface area contributed by atoms with Crippen LogP contribution in [0.2, 0.25) is 0 Å². The second-order valence-corrected chi connectivity index (χ2v) is 3.14. The first-order valence-electron chi connectivity index (χ1n) is 4.52. The minimum Gasteiger partial charge on any atom is -0.480 e. The number of hydrogen-bond donors (Lipinski definition) is 2. The van der Waals surface area contributed by atoms with E-state index in [9.17, 15) is 13.6 Å². The van der Waals surface area contributed by atoms with Crippen LogP contribution in [0.1, 0.15) is 5.56 Å². The van der Waals surface area contributed by atoms with Crippen molar-refractivity contribution in [3.05, 3.63) is 29.8 Å². The monoisotopic (exact) mass is 231 g/mol. The number of rotatable bonds is 5. The summed E-state index contributed by atoms with van der Waals surface area (Å²) in [5.74, 6) is -1.24. The fraction of sp³-hybridized carbons (Fsp3) is 0.300. The molecule has 6 heteroatoms. The van der Waals surface area contributed by atoms with Crippen LogP contribution in [0, 0.1) is 0 Å². The van der Waals surface area contributed by atoms with Crippen LogP contribution in [0.4, 0.5) is 8.78 Å². The lowest BCUT2D eigenvalue weighted by atomic mass is 10.1. The largest absolute Gasteiger partial charge is 0.480 e. The Labute approximate surface area is 90.6 Å². The van der Waals surface area contributed by atoms with E-state index in [2.05, 4.69) is 4.74 Å². The molecule has 0 radical (unpaired) electrons. The first-order chi connectivity index (χ1) is 7.50. The van der Waals surface area contributed by atoms with Gasteiger partial charge in [0.2, 0.25) is 0 Å². The van der Waals surface area contributed by atoms with E-state index in [0.717, 1.165) is 0 Å². The number of ether oxygens (including phenoxy) is 1. The maximum atomic E-state index is 12.0. The molecule has 4 nitrogen and oxygen atoms in total. The number of nitrogens with two attached hydrogens (primary N) is 1. The van der Waals surface area contributed by atoms with Gasteiger partial charge in [-0.15, -0.1) is 0 Å². The Morgan fingerprint density at radius 2 is 2.06 bits per heavy atom. The zero-order valence-corrected chi connectivity index (χ0v) is 8.27. The molecule has 1 aromatic rings. The topological polar surface area (TPSA) is 72.5 Å². The van der Waals surface area contributed by atoms with Gasteiger partial charge in [-0.25, -0.2) is 0 Å². The third kappa shape index (κ3) is 3.47. The molecule has 3 N–H and O–H groups in total. The van der Waals surface area contributed by atoms with Gasteiger partial charge in [0.1, 0.15) is 11.8 Å². The number of benzene rings is 1. The normalized spacial score (nSPS) is 12.5. The average molecular weight is 231 g/mol. The van der Waals surface area contributed by atoms with Crippen molar-refractivity contribution in [2.75, 3.05) is 0 Å². The Kier molecular flexibility index (Phi) is 4.19. The second-order valence-electron chi connectivity index (χ2n) is 3.14. The smallest absolute Gasteiger partial charge is 0.387 e. The molecular formula is C10H11F2NO3. The first kappa shape index (κ1) is 12.4. The Morgan fingerprint density at radius 1 is 1.44 bits per heavy atom. The summed E-state index contributed by atoms with van der Waals surface area (Å²) >= 11 is 0. The number of carboxylic acid groups (broad SMARTS) is 1. The summed E-state index contributed by atoms with van der Waals surface area (Å²) in [5, 5.41) is 8.60. The predicted molar refractivity (Wildman–Crippen MR) is 52.4 cm³/mol. The first-order valence-corrected chi connectivity index (χ1v) is 4.52. The number of alkyl halides is 2. The lowest BCUT2D eigenvalue weighted by Crippen LogP contribution is -2.32. The van der Waals surface area contributed by atoms with Crippen molar-refractivity contribution in [1.82, 2.24) is 0 Å². The molecule has 0 spiro atoms. The number of halogens is 2. The highest BCUT2D eigenvalue weighted by Gasteiger charge is 2.16. The van der Waals surface area contributed by atoms with Crippen molar-refractivity contribution in [2.24, 2.45) is 5.73 Å². The van der Waals surface area contributed by atoms with Gasteiger partial charge in [0.25, 0.3) is 0 Å². The highest BCUT2D eigenvalue weighted by molar-refractivity contribution is 5.73.